The molecule has 2 heteroatoms. The van der Waals surface area contributed by atoms with Crippen LogP contribution in [0.5, 0.6) is 0 Å². The molecular weight excluding hydrogens is 160 g/mol. The highest BCUT2D eigenvalue weighted by molar-refractivity contribution is 5.07. The smallest absolute Gasteiger partial charge is 0.00509 e. The Morgan fingerprint density at radius 1 is 1.00 bits per heavy atom. The van der Waals surface area contributed by atoms with Crippen molar-refractivity contribution >= 4 is 0 Å². The van der Waals surface area contributed by atoms with E-state index in [1.807, 2.05) is 13.8 Å². The zero-order valence-corrected chi connectivity index (χ0v) is 9.78. The Kier molecular flexibility index (Phi) is 3.03. The molecule has 0 spiro atoms. The van der Waals surface area contributed by atoms with Crippen molar-refractivity contribution in [3.8, 4) is 0 Å². The van der Waals surface area contributed by atoms with E-state index >= 15 is 0 Å². The first-order valence-electron chi connectivity index (χ1n) is 5.45. The lowest BCUT2D eigenvalue weighted by molar-refractivity contribution is 0.212. The van der Waals surface area contributed by atoms with E-state index in [0.29, 0.717) is 10.8 Å². The van der Waals surface area contributed by atoms with Crippen molar-refractivity contribution in [2.75, 3.05) is 33.2 Å². The summed E-state index contributed by atoms with van der Waals surface area (Å²) in [5.41, 5.74) is 1.06. The molecule has 0 aromatic carbocycles. The summed E-state index contributed by atoms with van der Waals surface area (Å²) < 4.78 is 0. The Morgan fingerprint density at radius 2 is 1.38 bits per heavy atom. The monoisotopic (exact) mass is 184 g/mol. The van der Waals surface area contributed by atoms with Crippen molar-refractivity contribution in [3.05, 3.63) is 0 Å². The van der Waals surface area contributed by atoms with Crippen molar-refractivity contribution in [2.45, 2.75) is 27.7 Å². The fraction of sp³-hybridized carbons (Fsp3) is 1.00. The lowest BCUT2D eigenvalue weighted by Crippen LogP contribution is -2.34. The van der Waals surface area contributed by atoms with E-state index in [-0.39, 0.29) is 0 Å². The fourth-order valence-corrected chi connectivity index (χ4v) is 2.78. The second kappa shape index (κ2) is 3.58. The highest BCUT2D eigenvalue weighted by Gasteiger charge is 2.53. The second-order valence-electron chi connectivity index (χ2n) is 4.90. The molecule has 2 fully saturated rings. The van der Waals surface area contributed by atoms with Crippen molar-refractivity contribution in [1.82, 2.24) is 10.2 Å². The van der Waals surface area contributed by atoms with E-state index in [4.69, 9.17) is 0 Å². The summed E-state index contributed by atoms with van der Waals surface area (Å²) in [6, 6.07) is 0. The lowest BCUT2D eigenvalue weighted by atomic mass is 9.71. The number of likely N-dealkylation sites (tertiary alicyclic amines) is 1. The number of hydrogen-bond acceptors (Lipinski definition) is 2. The first-order chi connectivity index (χ1) is 6.06. The molecule has 2 aliphatic heterocycles. The van der Waals surface area contributed by atoms with Crippen molar-refractivity contribution in [1.29, 1.82) is 0 Å². The average molecular weight is 184 g/mol. The molecular formula is C11H24N2. The molecule has 0 aliphatic carbocycles. The van der Waals surface area contributed by atoms with E-state index in [1.54, 1.807) is 0 Å². The molecule has 0 aromatic heterocycles. The average Bonchev–Trinajstić information content (AvgIpc) is 2.40. The summed E-state index contributed by atoms with van der Waals surface area (Å²) in [5.74, 6) is 0. The van der Waals surface area contributed by atoms with Crippen LogP contribution in [-0.2, 0) is 0 Å². The van der Waals surface area contributed by atoms with Crippen LogP contribution in [0, 0.1) is 10.8 Å². The SMILES string of the molecule is CC.CN1CC2(C)CNCC2(C)C1. The van der Waals surface area contributed by atoms with Gasteiger partial charge in [-0.25, -0.2) is 0 Å². The predicted molar refractivity (Wildman–Crippen MR) is 57.9 cm³/mol. The molecule has 2 aliphatic rings. The van der Waals surface area contributed by atoms with Gasteiger partial charge in [-0.3, -0.25) is 0 Å². The van der Waals surface area contributed by atoms with Gasteiger partial charge in [0, 0.05) is 37.0 Å². The minimum Gasteiger partial charge on any atom is -0.316 e. The quantitative estimate of drug-likeness (QED) is 0.615. The van der Waals surface area contributed by atoms with Crippen LogP contribution >= 0.6 is 0 Å². The minimum absolute atomic E-state index is 0.530. The van der Waals surface area contributed by atoms with Crippen molar-refractivity contribution < 1.29 is 0 Å². The topological polar surface area (TPSA) is 15.3 Å². The largest absolute Gasteiger partial charge is 0.316 e. The van der Waals surface area contributed by atoms with Crippen LogP contribution in [0.15, 0.2) is 0 Å². The van der Waals surface area contributed by atoms with Crippen LogP contribution in [0.3, 0.4) is 0 Å². The van der Waals surface area contributed by atoms with E-state index in [9.17, 15) is 0 Å². The molecule has 13 heavy (non-hydrogen) atoms. The van der Waals surface area contributed by atoms with Gasteiger partial charge in [0.25, 0.3) is 0 Å². The predicted octanol–water partition coefficient (Wildman–Crippen LogP) is 1.57. The van der Waals surface area contributed by atoms with Crippen LogP contribution < -0.4 is 5.32 Å². The van der Waals surface area contributed by atoms with Gasteiger partial charge < -0.3 is 10.2 Å². The minimum atomic E-state index is 0.530. The van der Waals surface area contributed by atoms with Crippen LogP contribution in [0.2, 0.25) is 0 Å². The van der Waals surface area contributed by atoms with Gasteiger partial charge in [0.1, 0.15) is 0 Å². The first-order valence-corrected chi connectivity index (χ1v) is 5.45. The van der Waals surface area contributed by atoms with E-state index in [2.05, 4.69) is 31.1 Å². The zero-order valence-electron chi connectivity index (χ0n) is 9.78. The number of nitrogens with one attached hydrogen (secondary N) is 1. The Bertz CT molecular complexity index is 163. The summed E-state index contributed by atoms with van der Waals surface area (Å²) in [6.45, 7) is 13.8. The van der Waals surface area contributed by atoms with E-state index < -0.39 is 0 Å². The molecule has 2 rings (SSSR count). The Hall–Kier alpha value is -0.0800. The zero-order chi connectivity index (χ0) is 10.1. The molecule has 2 unspecified atom stereocenters. The van der Waals surface area contributed by atoms with E-state index in [1.165, 1.54) is 26.2 Å². The maximum Gasteiger partial charge on any atom is 0.00509 e. The molecule has 78 valence electrons. The summed E-state index contributed by atoms with van der Waals surface area (Å²) in [6.07, 6.45) is 0. The second-order valence-corrected chi connectivity index (χ2v) is 4.90. The molecule has 2 atom stereocenters. The Labute approximate surface area is 82.7 Å². The highest BCUT2D eigenvalue weighted by Crippen LogP contribution is 2.47. The van der Waals surface area contributed by atoms with Gasteiger partial charge in [-0.05, 0) is 7.05 Å². The van der Waals surface area contributed by atoms with Gasteiger partial charge in [0.15, 0.2) is 0 Å². The third kappa shape index (κ3) is 1.62. The number of nitrogens with zero attached hydrogens (tertiary/aromatic N) is 1. The van der Waals surface area contributed by atoms with E-state index in [0.717, 1.165) is 0 Å². The molecule has 0 radical (unpaired) electrons. The molecule has 2 heterocycles. The van der Waals surface area contributed by atoms with Gasteiger partial charge in [0.05, 0.1) is 0 Å². The third-order valence-electron chi connectivity index (χ3n) is 3.73. The van der Waals surface area contributed by atoms with Gasteiger partial charge in [0.2, 0.25) is 0 Å². The molecule has 0 saturated carbocycles. The van der Waals surface area contributed by atoms with Crippen LogP contribution in [0.4, 0.5) is 0 Å². The Morgan fingerprint density at radius 3 is 1.77 bits per heavy atom. The van der Waals surface area contributed by atoms with Crippen LogP contribution in [-0.4, -0.2) is 38.1 Å². The summed E-state index contributed by atoms with van der Waals surface area (Å²) >= 11 is 0. The maximum atomic E-state index is 3.50. The molecule has 0 amide bonds. The van der Waals surface area contributed by atoms with Gasteiger partial charge in [-0.2, -0.15) is 0 Å². The molecule has 1 N–H and O–H groups in total. The third-order valence-corrected chi connectivity index (χ3v) is 3.73. The standard InChI is InChI=1S/C9H18N2.C2H6/c1-8-4-10-5-9(8,2)7-11(3)6-8;1-2/h10H,4-7H2,1-3H3;1-2H3. The lowest BCUT2D eigenvalue weighted by Gasteiger charge is -2.31. The highest BCUT2D eigenvalue weighted by atomic mass is 15.2. The molecule has 0 aromatic rings. The van der Waals surface area contributed by atoms with Crippen LogP contribution in [0.25, 0.3) is 0 Å². The number of fused-ring (bicyclic) bond motifs is 1. The maximum absolute atomic E-state index is 3.50. The van der Waals surface area contributed by atoms with Crippen molar-refractivity contribution in [3.63, 3.8) is 0 Å². The van der Waals surface area contributed by atoms with Gasteiger partial charge >= 0.3 is 0 Å². The summed E-state index contributed by atoms with van der Waals surface area (Å²) in [5, 5.41) is 3.50. The molecule has 2 saturated heterocycles. The Balaban J connectivity index is 0.000000396. The summed E-state index contributed by atoms with van der Waals surface area (Å²) in [7, 11) is 2.23. The number of rotatable bonds is 0. The molecule has 2 nitrogen and oxygen atoms in total. The van der Waals surface area contributed by atoms with Crippen LogP contribution in [0.1, 0.15) is 27.7 Å². The van der Waals surface area contributed by atoms with Crippen molar-refractivity contribution in [2.24, 2.45) is 10.8 Å². The number of hydrogen-bond donors (Lipinski definition) is 1. The van der Waals surface area contributed by atoms with Gasteiger partial charge in [-0.15, -0.1) is 0 Å². The molecule has 0 bridgehead atoms. The normalized spacial score (nSPS) is 44.1. The first kappa shape index (κ1) is 11.0. The fourth-order valence-electron chi connectivity index (χ4n) is 2.78. The summed E-state index contributed by atoms with van der Waals surface area (Å²) in [4.78, 5) is 2.46. The van der Waals surface area contributed by atoms with Gasteiger partial charge in [-0.1, -0.05) is 27.7 Å².